The van der Waals surface area contributed by atoms with Crippen LogP contribution in [0.3, 0.4) is 0 Å². The second-order valence-corrected chi connectivity index (χ2v) is 14.7. The number of amides is 4. The maximum Gasteiger partial charge on any atom is 0.245 e. The van der Waals surface area contributed by atoms with Crippen LogP contribution in [-0.4, -0.2) is 130 Å². The number of likely N-dealkylation sites (N-methyl/N-ethyl adjacent to an activating group) is 2. The van der Waals surface area contributed by atoms with Gasteiger partial charge in [0.2, 0.25) is 23.6 Å². The summed E-state index contributed by atoms with van der Waals surface area (Å²) in [6, 6.07) is 6.52. The number of carbonyl (C=O) groups is 5. The molecule has 300 valence electrons. The zero-order valence-corrected chi connectivity index (χ0v) is 33.4. The van der Waals surface area contributed by atoms with Crippen molar-refractivity contribution in [3.63, 3.8) is 0 Å². The molecule has 9 atom stereocenters. The third-order valence-corrected chi connectivity index (χ3v) is 10.6. The van der Waals surface area contributed by atoms with Crippen molar-refractivity contribution in [2.75, 3.05) is 48.5 Å². The van der Waals surface area contributed by atoms with Crippen molar-refractivity contribution in [2.45, 2.75) is 110 Å². The lowest BCUT2D eigenvalue weighted by Crippen LogP contribution is -2.59. The standard InChI is InChI=1S/C39H65N5O8.3H2/c1-13-25(6)35(43(9)39(49)34(24(4)5)42-38(48)33(40-8)23(2)3)31(51-11)20-32(46)44-22-28(50-10)19-29(44)36(52-12)26(7)37(47)41-21-30(45)27-17-15-14-16-18-27;;;/h14-18,23-26,28-29,31,33-36,40H,13,19-22H2,1-12H3,(H,41,47)(H,42,48);3*1H/t25?,26-,28-,29+,31-,33+,34+,35?,36-;;;/m1.../s1. The van der Waals surface area contributed by atoms with Crippen LogP contribution in [0.5, 0.6) is 0 Å². The van der Waals surface area contributed by atoms with Crippen LogP contribution in [0.25, 0.3) is 0 Å². The van der Waals surface area contributed by atoms with Crippen LogP contribution in [0.2, 0.25) is 0 Å². The predicted molar refractivity (Wildman–Crippen MR) is 207 cm³/mol. The Morgan fingerprint density at radius 1 is 0.923 bits per heavy atom. The quantitative estimate of drug-likeness (QED) is 0.160. The van der Waals surface area contributed by atoms with E-state index in [-0.39, 0.29) is 70.5 Å². The summed E-state index contributed by atoms with van der Waals surface area (Å²) >= 11 is 0. The third-order valence-electron chi connectivity index (χ3n) is 10.6. The van der Waals surface area contributed by atoms with E-state index in [0.717, 1.165) is 0 Å². The van der Waals surface area contributed by atoms with Crippen LogP contribution in [-0.2, 0) is 33.4 Å². The molecule has 0 saturated carbocycles. The fourth-order valence-electron chi connectivity index (χ4n) is 7.26. The number of ketones is 1. The molecule has 1 aliphatic heterocycles. The maximum absolute atomic E-state index is 14.3. The van der Waals surface area contributed by atoms with Crippen molar-refractivity contribution in [1.82, 2.24) is 25.8 Å². The minimum Gasteiger partial charge on any atom is -0.380 e. The Morgan fingerprint density at radius 2 is 1.54 bits per heavy atom. The Balaban J connectivity index is 0. The van der Waals surface area contributed by atoms with E-state index in [1.807, 2.05) is 47.6 Å². The molecule has 1 aromatic rings. The zero-order chi connectivity index (χ0) is 39.3. The Labute approximate surface area is 315 Å². The van der Waals surface area contributed by atoms with Crippen LogP contribution < -0.4 is 16.0 Å². The maximum atomic E-state index is 14.3. The van der Waals surface area contributed by atoms with Crippen molar-refractivity contribution < 1.29 is 42.5 Å². The number of nitrogens with zero attached hydrogens (tertiary/aromatic N) is 2. The summed E-state index contributed by atoms with van der Waals surface area (Å²) in [6.07, 6.45) is -0.506. The van der Waals surface area contributed by atoms with Gasteiger partial charge in [0, 0.05) is 44.8 Å². The van der Waals surface area contributed by atoms with E-state index in [1.165, 1.54) is 14.2 Å². The highest BCUT2D eigenvalue weighted by atomic mass is 16.5. The molecule has 4 amide bonds. The van der Waals surface area contributed by atoms with E-state index in [2.05, 4.69) is 16.0 Å². The molecule has 1 heterocycles. The van der Waals surface area contributed by atoms with E-state index in [1.54, 1.807) is 62.2 Å². The second kappa shape index (κ2) is 21.3. The van der Waals surface area contributed by atoms with E-state index in [4.69, 9.17) is 14.2 Å². The molecule has 1 fully saturated rings. The molecular formula is C39H71N5O8. The molecule has 1 aromatic carbocycles. The minimum absolute atomic E-state index is 0. The Bertz CT molecular complexity index is 1330. The first-order valence-electron chi connectivity index (χ1n) is 18.6. The molecule has 1 aliphatic rings. The van der Waals surface area contributed by atoms with E-state index in [0.29, 0.717) is 24.9 Å². The van der Waals surface area contributed by atoms with Crippen LogP contribution >= 0.6 is 0 Å². The number of nitrogens with one attached hydrogen (secondary N) is 3. The topological polar surface area (TPSA) is 156 Å². The van der Waals surface area contributed by atoms with Gasteiger partial charge < -0.3 is 40.0 Å². The number of Topliss-reactive ketones (excluding diaryl/α,β-unsaturated/α-hetero) is 1. The normalized spacial score (nSPS) is 20.1. The summed E-state index contributed by atoms with van der Waals surface area (Å²) in [7, 11) is 8.06. The molecule has 0 aromatic heterocycles. The first-order valence-corrected chi connectivity index (χ1v) is 18.6. The average molecular weight is 738 g/mol. The zero-order valence-electron chi connectivity index (χ0n) is 33.4. The molecule has 13 heteroatoms. The van der Waals surface area contributed by atoms with Crippen LogP contribution in [0, 0.1) is 23.7 Å². The molecule has 0 aliphatic carbocycles. The van der Waals surface area contributed by atoms with Crippen molar-refractivity contribution in [3.05, 3.63) is 35.9 Å². The lowest BCUT2D eigenvalue weighted by molar-refractivity contribution is -0.147. The third kappa shape index (κ3) is 11.6. The lowest BCUT2D eigenvalue weighted by atomic mass is 9.89. The predicted octanol–water partition coefficient (Wildman–Crippen LogP) is 3.65. The molecule has 2 unspecified atom stereocenters. The molecule has 1 saturated heterocycles. The van der Waals surface area contributed by atoms with E-state index < -0.39 is 42.3 Å². The summed E-state index contributed by atoms with van der Waals surface area (Å²) in [5.41, 5.74) is 0.503. The van der Waals surface area contributed by atoms with Gasteiger partial charge in [-0.15, -0.1) is 0 Å². The molecule has 13 nitrogen and oxygen atoms in total. The number of hydrogen-bond acceptors (Lipinski definition) is 9. The fourth-order valence-corrected chi connectivity index (χ4v) is 7.26. The highest BCUT2D eigenvalue weighted by Crippen LogP contribution is 2.31. The lowest BCUT2D eigenvalue weighted by Gasteiger charge is -2.41. The summed E-state index contributed by atoms with van der Waals surface area (Å²) in [5.74, 6) is -2.22. The first kappa shape index (κ1) is 44.8. The Kier molecular flexibility index (Phi) is 18.4. The molecular weight excluding hydrogens is 666 g/mol. The van der Waals surface area contributed by atoms with Gasteiger partial charge in [-0.25, -0.2) is 0 Å². The van der Waals surface area contributed by atoms with Crippen molar-refractivity contribution in [1.29, 1.82) is 0 Å². The van der Waals surface area contributed by atoms with Crippen molar-refractivity contribution >= 4 is 29.4 Å². The number of hydrogen-bond donors (Lipinski definition) is 3. The number of methoxy groups -OCH3 is 3. The molecule has 0 radical (unpaired) electrons. The average Bonchev–Trinajstić information content (AvgIpc) is 3.56. The van der Waals surface area contributed by atoms with Crippen LogP contribution in [0.15, 0.2) is 30.3 Å². The highest BCUT2D eigenvalue weighted by Gasteiger charge is 2.45. The van der Waals surface area contributed by atoms with Crippen LogP contribution in [0.4, 0.5) is 0 Å². The van der Waals surface area contributed by atoms with Gasteiger partial charge in [-0.3, -0.25) is 24.0 Å². The summed E-state index contributed by atoms with van der Waals surface area (Å²) < 4.78 is 17.6. The van der Waals surface area contributed by atoms with Crippen LogP contribution in [0.1, 0.15) is 82.4 Å². The van der Waals surface area contributed by atoms with Crippen molar-refractivity contribution in [3.8, 4) is 0 Å². The highest BCUT2D eigenvalue weighted by molar-refractivity contribution is 5.99. The van der Waals surface area contributed by atoms with Gasteiger partial charge in [-0.2, -0.15) is 0 Å². The number of rotatable bonds is 21. The Hall–Kier alpha value is -3.39. The minimum atomic E-state index is -0.782. The van der Waals surface area contributed by atoms with Gasteiger partial charge in [-0.1, -0.05) is 85.2 Å². The van der Waals surface area contributed by atoms with Gasteiger partial charge >= 0.3 is 0 Å². The number of benzene rings is 1. The molecule has 3 N–H and O–H groups in total. The summed E-state index contributed by atoms with van der Waals surface area (Å²) in [4.78, 5) is 70.9. The van der Waals surface area contributed by atoms with Gasteiger partial charge in [0.15, 0.2) is 5.78 Å². The molecule has 52 heavy (non-hydrogen) atoms. The first-order chi connectivity index (χ1) is 24.6. The van der Waals surface area contributed by atoms with E-state index in [9.17, 15) is 24.0 Å². The largest absolute Gasteiger partial charge is 0.380 e. The van der Waals surface area contributed by atoms with Gasteiger partial charge in [0.05, 0.1) is 55.3 Å². The van der Waals surface area contributed by atoms with Gasteiger partial charge in [0.1, 0.15) is 6.04 Å². The number of carbonyl (C=O) groups excluding carboxylic acids is 5. The Morgan fingerprint density at radius 3 is 2.04 bits per heavy atom. The van der Waals surface area contributed by atoms with Gasteiger partial charge in [0.25, 0.3) is 0 Å². The van der Waals surface area contributed by atoms with Crippen molar-refractivity contribution in [2.24, 2.45) is 23.7 Å². The van der Waals surface area contributed by atoms with E-state index >= 15 is 0 Å². The SMILES string of the molecule is CCC(C)C([C@@H](CC(=O)N1C[C@H](OC)C[C@H]1[C@H](OC)[C@@H](C)C(=O)NCC(=O)c1ccccc1)OC)N(C)C(=O)[C@@H](NC(=O)[C@@H](NC)C(C)C)C(C)C.[HH].[HH].[HH]. The molecule has 0 spiro atoms. The summed E-state index contributed by atoms with van der Waals surface area (Å²) in [6.45, 7) is 13.6. The monoisotopic (exact) mass is 738 g/mol. The number of likely N-dealkylation sites (tertiary alicyclic amines) is 1. The fraction of sp³-hybridized carbons (Fsp3) is 0.718. The molecule has 2 rings (SSSR count). The smallest absolute Gasteiger partial charge is 0.245 e. The molecule has 0 bridgehead atoms. The number of ether oxygens (including phenoxy) is 3. The second-order valence-electron chi connectivity index (χ2n) is 14.7. The van der Waals surface area contributed by atoms with Gasteiger partial charge in [-0.05, 0) is 31.2 Å². The summed E-state index contributed by atoms with van der Waals surface area (Å²) in [5, 5.41) is 8.75.